The standard InChI is InChI=1S/C25H37N5O3S/c1-26-9-11-30(12-10-28-16-22(34-4)15-27-2)24(31)33-21-13-25(14-21)18-29(19-25)17-20-7-5-6-8-23(20)32-3/h5-8,15-16,21,26H,2,9-14,17-19H2,1,3-4H3/b22-15+,28-16?. The molecular formula is C25H37N5O3S. The number of likely N-dealkylation sites (tertiary alicyclic amines) is 1. The number of ether oxygens (including phenoxy) is 2. The molecule has 0 bridgehead atoms. The average Bonchev–Trinajstić information content (AvgIpc) is 2.80. The number of nitrogens with one attached hydrogen (secondary N) is 1. The van der Waals surface area contributed by atoms with Crippen molar-refractivity contribution < 1.29 is 14.3 Å². The number of aliphatic imine (C=N–C) groups is 2. The molecule has 1 aromatic carbocycles. The molecule has 1 heterocycles. The third-order valence-corrected chi connectivity index (χ3v) is 7.04. The van der Waals surface area contributed by atoms with Crippen molar-refractivity contribution in [2.24, 2.45) is 15.4 Å². The lowest BCUT2D eigenvalue weighted by molar-refractivity contribution is -0.136. The van der Waals surface area contributed by atoms with E-state index in [1.165, 1.54) is 5.56 Å². The number of thioether (sulfide) groups is 1. The Labute approximate surface area is 207 Å². The number of nitrogens with zero attached hydrogens (tertiary/aromatic N) is 4. The zero-order valence-corrected chi connectivity index (χ0v) is 21.4. The van der Waals surface area contributed by atoms with E-state index in [1.807, 2.05) is 31.5 Å². The van der Waals surface area contributed by atoms with E-state index >= 15 is 0 Å². The molecule has 0 radical (unpaired) electrons. The fourth-order valence-electron chi connectivity index (χ4n) is 4.66. The molecule has 0 unspecified atom stereocenters. The van der Waals surface area contributed by atoms with Crippen molar-refractivity contribution in [1.29, 1.82) is 0 Å². The van der Waals surface area contributed by atoms with Crippen LogP contribution in [0.5, 0.6) is 5.75 Å². The normalized spacial score (nSPS) is 17.9. The molecule has 1 saturated heterocycles. The summed E-state index contributed by atoms with van der Waals surface area (Å²) in [6.45, 7) is 8.78. The number of hydrogen-bond acceptors (Lipinski definition) is 8. The van der Waals surface area contributed by atoms with Gasteiger partial charge in [0.2, 0.25) is 0 Å². The quantitative estimate of drug-likeness (QED) is 0.430. The zero-order chi connectivity index (χ0) is 24.4. The number of rotatable bonds is 13. The van der Waals surface area contributed by atoms with Crippen LogP contribution in [0.3, 0.4) is 0 Å². The smallest absolute Gasteiger partial charge is 0.410 e. The molecule has 1 aliphatic heterocycles. The van der Waals surface area contributed by atoms with Crippen LogP contribution in [0, 0.1) is 5.41 Å². The molecule has 2 aliphatic rings. The minimum absolute atomic E-state index is 0.00573. The summed E-state index contributed by atoms with van der Waals surface area (Å²) in [6, 6.07) is 8.17. The van der Waals surface area contributed by atoms with E-state index in [0.29, 0.717) is 31.6 Å². The summed E-state index contributed by atoms with van der Waals surface area (Å²) >= 11 is 1.56. The molecule has 186 valence electrons. The lowest BCUT2D eigenvalue weighted by atomic mass is 9.61. The molecule has 9 heteroatoms. The highest BCUT2D eigenvalue weighted by atomic mass is 32.2. The summed E-state index contributed by atoms with van der Waals surface area (Å²) in [5, 5.41) is 3.10. The van der Waals surface area contributed by atoms with Gasteiger partial charge in [-0.05, 0) is 38.9 Å². The maximum absolute atomic E-state index is 12.8. The molecule has 0 aromatic heterocycles. The van der Waals surface area contributed by atoms with Gasteiger partial charge in [-0.25, -0.2) is 4.79 Å². The number of allylic oxidation sites excluding steroid dienone is 1. The molecule has 3 rings (SSSR count). The van der Waals surface area contributed by atoms with Gasteiger partial charge in [-0.2, -0.15) is 0 Å². The molecule has 1 amide bonds. The second-order valence-corrected chi connectivity index (χ2v) is 9.79. The number of para-hydroxylation sites is 1. The minimum Gasteiger partial charge on any atom is -0.496 e. The van der Waals surface area contributed by atoms with Gasteiger partial charge < -0.3 is 19.7 Å². The van der Waals surface area contributed by atoms with Gasteiger partial charge in [0.05, 0.1) is 13.7 Å². The van der Waals surface area contributed by atoms with Gasteiger partial charge in [0, 0.05) is 67.6 Å². The molecule has 1 N–H and O–H groups in total. The van der Waals surface area contributed by atoms with Crippen LogP contribution >= 0.6 is 11.8 Å². The van der Waals surface area contributed by atoms with E-state index in [2.05, 4.69) is 33.0 Å². The minimum atomic E-state index is -0.246. The lowest BCUT2D eigenvalue weighted by Crippen LogP contribution is -2.64. The number of methoxy groups -OCH3 is 1. The number of amides is 1. The highest BCUT2D eigenvalue weighted by molar-refractivity contribution is 8.03. The van der Waals surface area contributed by atoms with Gasteiger partial charge in [-0.1, -0.05) is 18.2 Å². The lowest BCUT2D eigenvalue weighted by Gasteiger charge is -2.58. The molecule has 1 aliphatic carbocycles. The second-order valence-electron chi connectivity index (χ2n) is 8.92. The zero-order valence-electron chi connectivity index (χ0n) is 20.5. The summed E-state index contributed by atoms with van der Waals surface area (Å²) in [7, 11) is 3.59. The molecule has 2 fully saturated rings. The number of carbonyl (C=O) groups is 1. The van der Waals surface area contributed by atoms with E-state index in [-0.39, 0.29) is 12.2 Å². The third-order valence-electron chi connectivity index (χ3n) is 6.36. The number of benzene rings is 1. The van der Waals surface area contributed by atoms with Gasteiger partial charge in [0.15, 0.2) is 0 Å². The SMILES string of the molecule is C=N/C=C(\C=NCCN(CCNC)C(=O)OC1CC2(C1)CN(Cc1ccccc1OC)C2)SC. The van der Waals surface area contributed by atoms with Crippen LogP contribution in [0.1, 0.15) is 18.4 Å². The van der Waals surface area contributed by atoms with Gasteiger partial charge in [-0.3, -0.25) is 14.9 Å². The van der Waals surface area contributed by atoms with Gasteiger partial charge >= 0.3 is 6.09 Å². The maximum atomic E-state index is 12.8. The average molecular weight is 488 g/mol. The Morgan fingerprint density at radius 3 is 2.79 bits per heavy atom. The summed E-state index contributed by atoms with van der Waals surface area (Å²) < 4.78 is 11.3. The van der Waals surface area contributed by atoms with E-state index in [4.69, 9.17) is 9.47 Å². The molecule has 8 nitrogen and oxygen atoms in total. The molecule has 1 spiro atoms. The van der Waals surface area contributed by atoms with Gasteiger partial charge in [0.1, 0.15) is 11.9 Å². The Balaban J connectivity index is 1.41. The summed E-state index contributed by atoms with van der Waals surface area (Å²) in [5.41, 5.74) is 1.51. The summed E-state index contributed by atoms with van der Waals surface area (Å²) in [6.07, 6.45) is 7.04. The molecule has 34 heavy (non-hydrogen) atoms. The van der Waals surface area contributed by atoms with Gasteiger partial charge in [0.25, 0.3) is 0 Å². The molecule has 0 atom stereocenters. The Morgan fingerprint density at radius 1 is 1.35 bits per heavy atom. The highest BCUT2D eigenvalue weighted by Crippen LogP contribution is 2.50. The third kappa shape index (κ3) is 7.07. The van der Waals surface area contributed by atoms with Crippen LogP contribution in [-0.4, -0.2) is 94.6 Å². The highest BCUT2D eigenvalue weighted by Gasteiger charge is 2.53. The topological polar surface area (TPSA) is 78.8 Å². The predicted molar refractivity (Wildman–Crippen MR) is 140 cm³/mol. The van der Waals surface area contributed by atoms with Crippen LogP contribution in [0.4, 0.5) is 4.79 Å². The summed E-state index contributed by atoms with van der Waals surface area (Å²) in [4.78, 5) is 26.1. The van der Waals surface area contributed by atoms with Crippen molar-refractivity contribution in [2.45, 2.75) is 25.5 Å². The van der Waals surface area contributed by atoms with E-state index in [0.717, 1.165) is 43.1 Å². The second kappa shape index (κ2) is 12.9. The Hall–Kier alpha value is -2.36. The van der Waals surface area contributed by atoms with Crippen molar-refractivity contribution in [1.82, 2.24) is 15.1 Å². The first-order valence-corrected chi connectivity index (χ1v) is 12.9. The van der Waals surface area contributed by atoms with Crippen LogP contribution in [0.25, 0.3) is 0 Å². The first-order valence-electron chi connectivity index (χ1n) is 11.7. The maximum Gasteiger partial charge on any atom is 0.410 e. The van der Waals surface area contributed by atoms with E-state index in [9.17, 15) is 4.79 Å². The number of hydrogen-bond donors (Lipinski definition) is 1. The molecular weight excluding hydrogens is 450 g/mol. The predicted octanol–water partition coefficient (Wildman–Crippen LogP) is 3.29. The first-order chi connectivity index (χ1) is 16.5. The fourth-order valence-corrected chi connectivity index (χ4v) is 5.02. The Morgan fingerprint density at radius 2 is 2.12 bits per heavy atom. The number of likely N-dealkylation sites (N-methyl/N-ethyl adjacent to an activating group) is 1. The van der Waals surface area contributed by atoms with Crippen molar-refractivity contribution in [3.05, 3.63) is 40.9 Å². The Kier molecular flexibility index (Phi) is 9.98. The van der Waals surface area contributed by atoms with Crippen molar-refractivity contribution in [3.8, 4) is 5.75 Å². The van der Waals surface area contributed by atoms with E-state index in [1.54, 1.807) is 36.2 Å². The van der Waals surface area contributed by atoms with Crippen LogP contribution in [0.2, 0.25) is 0 Å². The van der Waals surface area contributed by atoms with Crippen molar-refractivity contribution in [2.75, 3.05) is 59.7 Å². The monoisotopic (exact) mass is 487 g/mol. The largest absolute Gasteiger partial charge is 0.496 e. The molecule has 1 aromatic rings. The van der Waals surface area contributed by atoms with Crippen LogP contribution < -0.4 is 10.1 Å². The van der Waals surface area contributed by atoms with Crippen molar-refractivity contribution in [3.63, 3.8) is 0 Å². The molecule has 1 saturated carbocycles. The van der Waals surface area contributed by atoms with Gasteiger partial charge in [-0.15, -0.1) is 11.8 Å². The Bertz CT molecular complexity index is 877. The fraction of sp³-hybridized carbons (Fsp3) is 0.560. The summed E-state index contributed by atoms with van der Waals surface area (Å²) in [5.74, 6) is 0.938. The van der Waals surface area contributed by atoms with Crippen molar-refractivity contribution >= 4 is 30.8 Å². The number of carbonyl (C=O) groups excluding carboxylic acids is 1. The van der Waals surface area contributed by atoms with Crippen LogP contribution in [0.15, 0.2) is 45.4 Å². The van der Waals surface area contributed by atoms with E-state index < -0.39 is 0 Å². The van der Waals surface area contributed by atoms with Crippen LogP contribution in [-0.2, 0) is 11.3 Å². The first kappa shape index (κ1) is 26.2.